The van der Waals surface area contributed by atoms with Gasteiger partial charge in [-0.05, 0) is 56.2 Å². The van der Waals surface area contributed by atoms with Gasteiger partial charge in [-0.15, -0.1) is 0 Å². The first kappa shape index (κ1) is 18.3. The highest BCUT2D eigenvalue weighted by atomic mass is 35.5. The Labute approximate surface area is 167 Å². The predicted molar refractivity (Wildman–Crippen MR) is 104 cm³/mol. The number of hydrogen-bond acceptors (Lipinski definition) is 5. The smallest absolute Gasteiger partial charge is 0.271 e. The van der Waals surface area contributed by atoms with Gasteiger partial charge in [-0.1, -0.05) is 17.7 Å². The molecule has 1 amide bonds. The topological polar surface area (TPSA) is 78.3 Å². The van der Waals surface area contributed by atoms with E-state index < -0.39 is 0 Å². The number of hydrogen-bond donors (Lipinski definition) is 1. The number of carbonyl (C=O) groups excluding carboxylic acids is 1. The minimum atomic E-state index is -0.325. The van der Waals surface area contributed by atoms with Crippen LogP contribution in [0.1, 0.15) is 27.4 Å². The molecule has 0 fully saturated rings. The first-order chi connectivity index (χ1) is 13.5. The number of nitrogens with zero attached hydrogens (tertiary/aromatic N) is 3. The zero-order valence-corrected chi connectivity index (χ0v) is 16.3. The van der Waals surface area contributed by atoms with E-state index in [1.807, 2.05) is 38.1 Å². The van der Waals surface area contributed by atoms with Crippen LogP contribution in [0.15, 0.2) is 36.4 Å². The summed E-state index contributed by atoms with van der Waals surface area (Å²) in [5, 5.41) is 7.56. The summed E-state index contributed by atoms with van der Waals surface area (Å²) in [7, 11) is 0. The molecule has 0 bridgehead atoms. The Morgan fingerprint density at radius 3 is 2.79 bits per heavy atom. The van der Waals surface area contributed by atoms with Crippen LogP contribution in [-0.2, 0) is 6.42 Å². The van der Waals surface area contributed by atoms with Crippen LogP contribution in [0, 0.1) is 13.8 Å². The lowest BCUT2D eigenvalue weighted by atomic mass is 10.1. The number of amides is 1. The molecule has 1 aliphatic rings. The number of rotatable bonds is 5. The van der Waals surface area contributed by atoms with Crippen LogP contribution in [-0.4, -0.2) is 34.0 Å². The summed E-state index contributed by atoms with van der Waals surface area (Å²) >= 11 is 6.20. The molecule has 0 unspecified atom stereocenters. The molecule has 8 heteroatoms. The fourth-order valence-corrected chi connectivity index (χ4v) is 3.26. The Kier molecular flexibility index (Phi) is 4.92. The third kappa shape index (κ3) is 3.66. The molecule has 1 aliphatic heterocycles. The molecule has 144 valence electrons. The highest BCUT2D eigenvalue weighted by Gasteiger charge is 2.16. The van der Waals surface area contributed by atoms with Crippen molar-refractivity contribution in [3.63, 3.8) is 0 Å². The molecule has 2 aromatic heterocycles. The van der Waals surface area contributed by atoms with Gasteiger partial charge in [0.1, 0.15) is 5.69 Å². The van der Waals surface area contributed by atoms with E-state index in [2.05, 4.69) is 15.4 Å². The highest BCUT2D eigenvalue weighted by molar-refractivity contribution is 6.33. The second-order valence-electron chi connectivity index (χ2n) is 6.53. The summed E-state index contributed by atoms with van der Waals surface area (Å²) in [6.07, 6.45) is 0.650. The second kappa shape index (κ2) is 7.52. The van der Waals surface area contributed by atoms with Crippen molar-refractivity contribution in [2.45, 2.75) is 20.3 Å². The Balaban J connectivity index is 1.44. The van der Waals surface area contributed by atoms with Gasteiger partial charge in [0.15, 0.2) is 17.3 Å². The van der Waals surface area contributed by atoms with E-state index in [-0.39, 0.29) is 18.4 Å². The van der Waals surface area contributed by atoms with E-state index in [0.29, 0.717) is 23.8 Å². The molecular formula is C20H19ClN4O3. The zero-order chi connectivity index (χ0) is 19.7. The van der Waals surface area contributed by atoms with Crippen LogP contribution >= 0.6 is 11.6 Å². The molecule has 3 heterocycles. The third-order valence-electron chi connectivity index (χ3n) is 4.41. The Morgan fingerprint density at radius 2 is 2.00 bits per heavy atom. The molecule has 1 N–H and O–H groups in total. The van der Waals surface area contributed by atoms with Gasteiger partial charge in [0.2, 0.25) is 6.79 Å². The molecule has 0 atom stereocenters. The molecule has 4 rings (SSSR count). The van der Waals surface area contributed by atoms with Crippen molar-refractivity contribution in [2.75, 3.05) is 13.3 Å². The van der Waals surface area contributed by atoms with Crippen molar-refractivity contribution >= 4 is 17.5 Å². The zero-order valence-electron chi connectivity index (χ0n) is 15.5. The summed E-state index contributed by atoms with van der Waals surface area (Å²) in [5.74, 6) is 1.70. The molecule has 1 aromatic carbocycles. The van der Waals surface area contributed by atoms with E-state index in [9.17, 15) is 4.79 Å². The molecule has 28 heavy (non-hydrogen) atoms. The maximum absolute atomic E-state index is 12.6. The highest BCUT2D eigenvalue weighted by Crippen LogP contribution is 2.32. The number of ether oxygens (including phenoxy) is 2. The van der Waals surface area contributed by atoms with Crippen molar-refractivity contribution in [3.05, 3.63) is 64.1 Å². The number of aromatic nitrogens is 3. The van der Waals surface area contributed by atoms with Crippen LogP contribution in [0.3, 0.4) is 0 Å². The van der Waals surface area contributed by atoms with Crippen LogP contribution in [0.25, 0.3) is 5.82 Å². The van der Waals surface area contributed by atoms with Gasteiger partial charge in [0.25, 0.3) is 5.91 Å². The summed E-state index contributed by atoms with van der Waals surface area (Å²) < 4.78 is 12.4. The van der Waals surface area contributed by atoms with Crippen LogP contribution in [0.4, 0.5) is 0 Å². The largest absolute Gasteiger partial charge is 0.454 e. The van der Waals surface area contributed by atoms with Crippen molar-refractivity contribution in [1.29, 1.82) is 0 Å². The summed E-state index contributed by atoms with van der Waals surface area (Å²) in [6, 6.07) is 11.1. The second-order valence-corrected chi connectivity index (χ2v) is 6.94. The number of aryl methyl sites for hydroxylation is 2. The van der Waals surface area contributed by atoms with Gasteiger partial charge in [-0.25, -0.2) is 9.67 Å². The minimum absolute atomic E-state index is 0.178. The van der Waals surface area contributed by atoms with Gasteiger partial charge in [0.05, 0.1) is 10.7 Å². The first-order valence-electron chi connectivity index (χ1n) is 8.88. The fraction of sp³-hybridized carbons (Fsp3) is 0.250. The quantitative estimate of drug-likeness (QED) is 0.713. The van der Waals surface area contributed by atoms with Gasteiger partial charge >= 0.3 is 0 Å². The third-order valence-corrected chi connectivity index (χ3v) is 4.71. The van der Waals surface area contributed by atoms with Crippen molar-refractivity contribution in [2.24, 2.45) is 0 Å². The van der Waals surface area contributed by atoms with Gasteiger partial charge in [0, 0.05) is 12.2 Å². The number of carbonyl (C=O) groups is 1. The van der Waals surface area contributed by atoms with Crippen molar-refractivity contribution in [1.82, 2.24) is 20.1 Å². The van der Waals surface area contributed by atoms with E-state index in [1.54, 1.807) is 16.8 Å². The van der Waals surface area contributed by atoms with E-state index in [4.69, 9.17) is 21.1 Å². The molecule has 0 radical (unpaired) electrons. The molecule has 0 saturated carbocycles. The Bertz CT molecular complexity index is 1050. The lowest BCUT2D eigenvalue weighted by molar-refractivity contribution is 0.0949. The number of pyridine rings is 1. The summed E-state index contributed by atoms with van der Waals surface area (Å²) in [5.41, 5.74) is 3.03. The van der Waals surface area contributed by atoms with Crippen LogP contribution < -0.4 is 14.8 Å². The van der Waals surface area contributed by atoms with Gasteiger partial charge in [-0.3, -0.25) is 4.79 Å². The molecule has 0 aliphatic carbocycles. The molecular weight excluding hydrogens is 380 g/mol. The number of nitrogens with one attached hydrogen (secondary N) is 1. The Hall–Kier alpha value is -3.06. The van der Waals surface area contributed by atoms with Gasteiger partial charge < -0.3 is 14.8 Å². The lowest BCUT2D eigenvalue weighted by Crippen LogP contribution is -2.27. The standard InChI is InChI=1S/C20H19ClN4O3/c1-12-9-13(2)25(24-12)18-6-4-15(21)19(23-18)20(26)22-8-7-14-3-5-16-17(10-14)28-11-27-16/h3-6,9-10H,7-8,11H2,1-2H3,(H,22,26). The maximum Gasteiger partial charge on any atom is 0.271 e. The van der Waals surface area contributed by atoms with E-state index in [1.165, 1.54) is 0 Å². The predicted octanol–water partition coefficient (Wildman–Crippen LogP) is 3.24. The fourth-order valence-electron chi connectivity index (χ4n) is 3.07. The number of benzene rings is 1. The van der Waals surface area contributed by atoms with E-state index in [0.717, 1.165) is 28.5 Å². The lowest BCUT2D eigenvalue weighted by Gasteiger charge is -2.09. The van der Waals surface area contributed by atoms with Crippen LogP contribution in [0.5, 0.6) is 11.5 Å². The normalized spacial score (nSPS) is 12.2. The SMILES string of the molecule is Cc1cc(C)n(-c2ccc(Cl)c(C(=O)NCCc3ccc4c(c3)OCO4)n2)n1. The van der Waals surface area contributed by atoms with Crippen molar-refractivity contribution < 1.29 is 14.3 Å². The number of halogens is 1. The first-order valence-corrected chi connectivity index (χ1v) is 9.26. The van der Waals surface area contributed by atoms with Crippen LogP contribution in [0.2, 0.25) is 5.02 Å². The maximum atomic E-state index is 12.6. The summed E-state index contributed by atoms with van der Waals surface area (Å²) in [4.78, 5) is 17.0. The monoisotopic (exact) mass is 398 g/mol. The minimum Gasteiger partial charge on any atom is -0.454 e. The van der Waals surface area contributed by atoms with E-state index >= 15 is 0 Å². The molecule has 3 aromatic rings. The average molecular weight is 399 g/mol. The average Bonchev–Trinajstić information content (AvgIpc) is 3.27. The van der Waals surface area contributed by atoms with Gasteiger partial charge in [-0.2, -0.15) is 5.10 Å². The number of fused-ring (bicyclic) bond motifs is 1. The molecule has 0 saturated heterocycles. The molecule has 7 nitrogen and oxygen atoms in total. The van der Waals surface area contributed by atoms with Crippen molar-refractivity contribution in [3.8, 4) is 17.3 Å². The summed E-state index contributed by atoms with van der Waals surface area (Å²) in [6.45, 7) is 4.52. The Morgan fingerprint density at radius 1 is 1.18 bits per heavy atom. The molecule has 0 spiro atoms.